The maximum Gasteiger partial charge on any atom is 0.210 e. The van der Waals surface area contributed by atoms with Crippen LogP contribution < -0.4 is 0 Å². The van der Waals surface area contributed by atoms with Crippen molar-refractivity contribution in [3.8, 4) is 0 Å². The van der Waals surface area contributed by atoms with Crippen LogP contribution >= 0.6 is 11.3 Å². The van der Waals surface area contributed by atoms with Gasteiger partial charge in [-0.05, 0) is 28.5 Å². The number of fused-ring (bicyclic) bond motifs is 1. The molecule has 2 amide bonds. The Bertz CT molecular complexity index is 705. The number of benzene rings is 1. The Morgan fingerprint density at radius 2 is 2.17 bits per heavy atom. The molecule has 128 valence electrons. The molecule has 24 heavy (non-hydrogen) atoms. The van der Waals surface area contributed by atoms with Gasteiger partial charge in [0.1, 0.15) is 0 Å². The molecule has 0 aliphatic carbocycles. The molecule has 2 heterocycles. The lowest BCUT2D eigenvalue weighted by atomic mass is 10.1. The monoisotopic (exact) mass is 348 g/mol. The lowest BCUT2D eigenvalue weighted by molar-refractivity contribution is -0.140. The standard InChI is InChI=1S/C17H20N2O4S/c20-11-18-4-5-19(12-21)15(9-18)10-23-17(22)8-13-1-2-16-14(7-13)3-6-24-16/h1-3,6-7,11-12,15,17,22H,4-5,8-10H2. The summed E-state index contributed by atoms with van der Waals surface area (Å²) >= 11 is 1.68. The van der Waals surface area contributed by atoms with Gasteiger partial charge in [0.05, 0.1) is 12.6 Å². The third-order valence-corrected chi connectivity index (χ3v) is 5.15. The van der Waals surface area contributed by atoms with Gasteiger partial charge in [0.2, 0.25) is 12.8 Å². The molecule has 3 rings (SSSR count). The summed E-state index contributed by atoms with van der Waals surface area (Å²) < 4.78 is 6.73. The number of carbonyl (C=O) groups is 2. The molecular weight excluding hydrogens is 328 g/mol. The van der Waals surface area contributed by atoms with E-state index in [0.29, 0.717) is 26.1 Å². The molecule has 2 unspecified atom stereocenters. The highest BCUT2D eigenvalue weighted by atomic mass is 32.1. The van der Waals surface area contributed by atoms with Crippen LogP contribution in [0.15, 0.2) is 29.6 Å². The van der Waals surface area contributed by atoms with Gasteiger partial charge in [-0.2, -0.15) is 0 Å². The maximum atomic E-state index is 11.1. The van der Waals surface area contributed by atoms with Crippen LogP contribution in [-0.2, 0) is 20.7 Å². The second kappa shape index (κ2) is 7.74. The van der Waals surface area contributed by atoms with Gasteiger partial charge in [-0.15, -0.1) is 11.3 Å². The summed E-state index contributed by atoms with van der Waals surface area (Å²) in [4.78, 5) is 25.2. The van der Waals surface area contributed by atoms with Crippen molar-refractivity contribution in [1.82, 2.24) is 9.80 Å². The first-order valence-electron chi connectivity index (χ1n) is 7.86. The zero-order valence-electron chi connectivity index (χ0n) is 13.2. The van der Waals surface area contributed by atoms with Crippen LogP contribution in [-0.4, -0.2) is 66.3 Å². The summed E-state index contributed by atoms with van der Waals surface area (Å²) in [5.41, 5.74) is 0.999. The van der Waals surface area contributed by atoms with E-state index in [1.54, 1.807) is 21.1 Å². The molecule has 0 bridgehead atoms. The smallest absolute Gasteiger partial charge is 0.210 e. The second-order valence-electron chi connectivity index (χ2n) is 5.88. The summed E-state index contributed by atoms with van der Waals surface area (Å²) in [6, 6.07) is 7.90. The molecule has 1 aliphatic heterocycles. The summed E-state index contributed by atoms with van der Waals surface area (Å²) in [6.45, 7) is 1.64. The van der Waals surface area contributed by atoms with E-state index in [9.17, 15) is 14.7 Å². The average Bonchev–Trinajstić information content (AvgIpc) is 3.07. The lowest BCUT2D eigenvalue weighted by Gasteiger charge is -2.37. The highest BCUT2D eigenvalue weighted by Gasteiger charge is 2.26. The van der Waals surface area contributed by atoms with Crippen molar-refractivity contribution in [2.45, 2.75) is 18.8 Å². The van der Waals surface area contributed by atoms with Crippen molar-refractivity contribution in [3.63, 3.8) is 0 Å². The Morgan fingerprint density at radius 3 is 2.96 bits per heavy atom. The van der Waals surface area contributed by atoms with E-state index in [0.717, 1.165) is 23.8 Å². The number of rotatable bonds is 7. The predicted octanol–water partition coefficient (Wildman–Crippen LogP) is 1.08. The number of hydrogen-bond donors (Lipinski definition) is 1. The molecule has 1 aromatic heterocycles. The average molecular weight is 348 g/mol. The van der Waals surface area contributed by atoms with Gasteiger partial charge in [-0.1, -0.05) is 12.1 Å². The summed E-state index contributed by atoms with van der Waals surface area (Å²) in [7, 11) is 0. The van der Waals surface area contributed by atoms with Gasteiger partial charge in [0, 0.05) is 30.8 Å². The van der Waals surface area contributed by atoms with Crippen molar-refractivity contribution >= 4 is 34.2 Å². The SMILES string of the molecule is O=CN1CCN(C=O)C(COC(O)Cc2ccc3sccc3c2)C1. The molecular formula is C17H20N2O4S. The van der Waals surface area contributed by atoms with Crippen molar-refractivity contribution in [1.29, 1.82) is 0 Å². The minimum absolute atomic E-state index is 0.199. The molecule has 7 heteroatoms. The Hall–Kier alpha value is -1.96. The third-order valence-electron chi connectivity index (χ3n) is 4.25. The van der Waals surface area contributed by atoms with E-state index in [1.165, 1.54) is 4.70 Å². The molecule has 2 aromatic rings. The predicted molar refractivity (Wildman–Crippen MR) is 91.7 cm³/mol. The number of thiophene rings is 1. The number of aliphatic hydroxyl groups excluding tert-OH is 1. The highest BCUT2D eigenvalue weighted by molar-refractivity contribution is 7.17. The molecule has 1 aromatic carbocycles. The Labute approximate surface area is 144 Å². The Morgan fingerprint density at radius 1 is 1.29 bits per heavy atom. The molecule has 1 fully saturated rings. The second-order valence-corrected chi connectivity index (χ2v) is 6.83. The van der Waals surface area contributed by atoms with Gasteiger partial charge in [0.25, 0.3) is 0 Å². The largest absolute Gasteiger partial charge is 0.368 e. The fourth-order valence-electron chi connectivity index (χ4n) is 2.90. The lowest BCUT2D eigenvalue weighted by Crippen LogP contribution is -2.54. The van der Waals surface area contributed by atoms with Crippen LogP contribution in [0.4, 0.5) is 0 Å². The van der Waals surface area contributed by atoms with E-state index in [1.807, 2.05) is 23.6 Å². The first-order chi connectivity index (χ1) is 11.7. The van der Waals surface area contributed by atoms with Crippen molar-refractivity contribution in [2.24, 2.45) is 0 Å². The van der Waals surface area contributed by atoms with E-state index in [4.69, 9.17) is 4.74 Å². The number of carbonyl (C=O) groups excluding carboxylic acids is 2. The van der Waals surface area contributed by atoms with Crippen LogP contribution in [0.2, 0.25) is 0 Å². The minimum Gasteiger partial charge on any atom is -0.368 e. The molecule has 1 saturated heterocycles. The normalized spacial score (nSPS) is 19.5. The van der Waals surface area contributed by atoms with Crippen LogP contribution in [0.3, 0.4) is 0 Å². The van der Waals surface area contributed by atoms with E-state index in [2.05, 4.69) is 6.07 Å². The molecule has 2 atom stereocenters. The molecule has 0 radical (unpaired) electrons. The highest BCUT2D eigenvalue weighted by Crippen LogP contribution is 2.22. The van der Waals surface area contributed by atoms with E-state index < -0.39 is 6.29 Å². The Balaban J connectivity index is 1.54. The summed E-state index contributed by atoms with van der Waals surface area (Å²) in [5.74, 6) is 0. The van der Waals surface area contributed by atoms with Crippen LogP contribution in [0.25, 0.3) is 10.1 Å². The number of piperazine rings is 1. The van der Waals surface area contributed by atoms with Crippen molar-refractivity contribution in [2.75, 3.05) is 26.2 Å². The minimum atomic E-state index is -0.943. The zero-order valence-corrected chi connectivity index (χ0v) is 14.0. The number of aliphatic hydroxyl groups is 1. The van der Waals surface area contributed by atoms with Gasteiger partial charge in [0.15, 0.2) is 6.29 Å². The van der Waals surface area contributed by atoms with Gasteiger partial charge < -0.3 is 19.6 Å². The van der Waals surface area contributed by atoms with Crippen molar-refractivity contribution < 1.29 is 19.4 Å². The van der Waals surface area contributed by atoms with Gasteiger partial charge in [-0.25, -0.2) is 0 Å². The topological polar surface area (TPSA) is 70.1 Å². The summed E-state index contributed by atoms with van der Waals surface area (Å²) in [5, 5.41) is 13.3. The first kappa shape index (κ1) is 16.9. The van der Waals surface area contributed by atoms with Gasteiger partial charge >= 0.3 is 0 Å². The van der Waals surface area contributed by atoms with Crippen LogP contribution in [0.5, 0.6) is 0 Å². The fraction of sp³-hybridized carbons (Fsp3) is 0.412. The molecule has 6 nitrogen and oxygen atoms in total. The third kappa shape index (κ3) is 3.92. The van der Waals surface area contributed by atoms with E-state index in [-0.39, 0.29) is 12.6 Å². The van der Waals surface area contributed by atoms with E-state index >= 15 is 0 Å². The molecule has 1 aliphatic rings. The number of ether oxygens (including phenoxy) is 1. The number of amides is 2. The molecule has 0 saturated carbocycles. The van der Waals surface area contributed by atoms with Crippen LogP contribution in [0, 0.1) is 0 Å². The van der Waals surface area contributed by atoms with Crippen LogP contribution in [0.1, 0.15) is 5.56 Å². The summed E-state index contributed by atoms with van der Waals surface area (Å²) in [6.07, 6.45) is 0.993. The zero-order chi connectivity index (χ0) is 16.9. The number of hydrogen-bond acceptors (Lipinski definition) is 5. The van der Waals surface area contributed by atoms with Crippen molar-refractivity contribution in [3.05, 3.63) is 35.2 Å². The number of nitrogens with zero attached hydrogens (tertiary/aromatic N) is 2. The first-order valence-corrected chi connectivity index (χ1v) is 8.74. The molecule has 0 spiro atoms. The maximum absolute atomic E-state index is 11.1. The van der Waals surface area contributed by atoms with Gasteiger partial charge in [-0.3, -0.25) is 9.59 Å². The quantitative estimate of drug-likeness (QED) is 0.600. The Kier molecular flexibility index (Phi) is 5.44. The molecule has 1 N–H and O–H groups in total. The fourth-order valence-corrected chi connectivity index (χ4v) is 3.67.